The first-order valence-corrected chi connectivity index (χ1v) is 7.64. The molecule has 18 heavy (non-hydrogen) atoms. The van der Waals surface area contributed by atoms with Crippen molar-refractivity contribution in [3.8, 4) is 0 Å². The van der Waals surface area contributed by atoms with E-state index in [0.717, 1.165) is 58.1 Å². The van der Waals surface area contributed by atoms with Crippen molar-refractivity contribution < 1.29 is 9.53 Å². The SMILES string of the molecule is NCC1CCC(C(=O)CCCC2CCCO2)CC1. The Kier molecular flexibility index (Phi) is 5.64. The zero-order valence-corrected chi connectivity index (χ0v) is 11.4. The first-order chi connectivity index (χ1) is 8.79. The van der Waals surface area contributed by atoms with Gasteiger partial charge in [0.1, 0.15) is 5.78 Å². The fourth-order valence-corrected chi connectivity index (χ4v) is 3.30. The molecule has 0 spiro atoms. The van der Waals surface area contributed by atoms with Crippen LogP contribution in [0.15, 0.2) is 0 Å². The standard InChI is InChI=1S/C15H27NO2/c16-11-12-6-8-13(9-7-12)15(17)5-1-3-14-4-2-10-18-14/h12-14H,1-11,16H2. The summed E-state index contributed by atoms with van der Waals surface area (Å²) in [6.07, 6.45) is 10.1. The van der Waals surface area contributed by atoms with Crippen LogP contribution in [0.2, 0.25) is 0 Å². The summed E-state index contributed by atoms with van der Waals surface area (Å²) in [5, 5.41) is 0. The normalized spacial score (nSPS) is 32.6. The van der Waals surface area contributed by atoms with Crippen molar-refractivity contribution in [2.45, 2.75) is 63.9 Å². The molecule has 1 saturated heterocycles. The predicted octanol–water partition coefficient (Wildman–Crippen LogP) is 2.67. The molecule has 2 N–H and O–H groups in total. The summed E-state index contributed by atoms with van der Waals surface area (Å²) in [6.45, 7) is 1.71. The molecule has 104 valence electrons. The van der Waals surface area contributed by atoms with Crippen LogP contribution < -0.4 is 5.73 Å². The minimum absolute atomic E-state index is 0.331. The second-order valence-corrected chi connectivity index (χ2v) is 5.95. The largest absolute Gasteiger partial charge is 0.378 e. The third kappa shape index (κ3) is 4.06. The number of hydrogen-bond acceptors (Lipinski definition) is 3. The number of carbonyl (C=O) groups is 1. The topological polar surface area (TPSA) is 52.3 Å². The lowest BCUT2D eigenvalue weighted by Gasteiger charge is -2.26. The molecule has 0 aromatic carbocycles. The molecule has 1 atom stereocenters. The number of ketones is 1. The van der Waals surface area contributed by atoms with E-state index in [1.165, 1.54) is 12.8 Å². The second kappa shape index (κ2) is 7.25. The average molecular weight is 253 g/mol. The van der Waals surface area contributed by atoms with E-state index in [1.807, 2.05) is 0 Å². The quantitative estimate of drug-likeness (QED) is 0.791. The summed E-state index contributed by atoms with van der Waals surface area (Å²) in [6, 6.07) is 0. The van der Waals surface area contributed by atoms with Crippen molar-refractivity contribution in [3.63, 3.8) is 0 Å². The lowest BCUT2D eigenvalue weighted by atomic mass is 9.79. The monoisotopic (exact) mass is 253 g/mol. The highest BCUT2D eigenvalue weighted by Crippen LogP contribution is 2.30. The molecule has 1 saturated carbocycles. The van der Waals surface area contributed by atoms with Crippen molar-refractivity contribution in [3.05, 3.63) is 0 Å². The molecular formula is C15H27NO2. The van der Waals surface area contributed by atoms with E-state index in [1.54, 1.807) is 0 Å². The fraction of sp³-hybridized carbons (Fsp3) is 0.933. The lowest BCUT2D eigenvalue weighted by Crippen LogP contribution is -2.25. The van der Waals surface area contributed by atoms with E-state index in [2.05, 4.69) is 0 Å². The summed E-state index contributed by atoms with van der Waals surface area (Å²) >= 11 is 0. The lowest BCUT2D eigenvalue weighted by molar-refractivity contribution is -0.124. The molecule has 2 aliphatic rings. The van der Waals surface area contributed by atoms with Gasteiger partial charge >= 0.3 is 0 Å². The maximum absolute atomic E-state index is 12.1. The molecule has 1 heterocycles. The zero-order chi connectivity index (χ0) is 12.8. The molecule has 3 nitrogen and oxygen atoms in total. The van der Waals surface area contributed by atoms with Crippen molar-refractivity contribution in [1.82, 2.24) is 0 Å². The molecular weight excluding hydrogens is 226 g/mol. The highest BCUT2D eigenvalue weighted by Gasteiger charge is 2.25. The number of ether oxygens (including phenoxy) is 1. The van der Waals surface area contributed by atoms with Crippen molar-refractivity contribution in [2.75, 3.05) is 13.2 Å². The van der Waals surface area contributed by atoms with Crippen LogP contribution in [0.25, 0.3) is 0 Å². The molecule has 2 rings (SSSR count). The Morgan fingerprint density at radius 2 is 1.94 bits per heavy atom. The van der Waals surface area contributed by atoms with Crippen LogP contribution in [-0.2, 0) is 9.53 Å². The van der Waals surface area contributed by atoms with Gasteiger partial charge in [0.2, 0.25) is 0 Å². The summed E-state index contributed by atoms with van der Waals surface area (Å²) in [7, 11) is 0. The molecule has 1 aliphatic carbocycles. The Bertz CT molecular complexity index is 253. The zero-order valence-electron chi connectivity index (χ0n) is 11.4. The molecule has 0 bridgehead atoms. The first-order valence-electron chi connectivity index (χ1n) is 7.64. The number of carbonyl (C=O) groups excluding carboxylic acids is 1. The summed E-state index contributed by atoms with van der Waals surface area (Å²) in [4.78, 5) is 12.1. The molecule has 3 heteroatoms. The molecule has 0 radical (unpaired) electrons. The van der Waals surface area contributed by atoms with Crippen molar-refractivity contribution in [2.24, 2.45) is 17.6 Å². The van der Waals surface area contributed by atoms with Crippen LogP contribution in [0.1, 0.15) is 57.8 Å². The molecule has 0 aromatic heterocycles. The van der Waals surface area contributed by atoms with E-state index in [-0.39, 0.29) is 0 Å². The van der Waals surface area contributed by atoms with E-state index in [0.29, 0.717) is 23.7 Å². The maximum Gasteiger partial charge on any atom is 0.135 e. The van der Waals surface area contributed by atoms with E-state index in [9.17, 15) is 4.79 Å². The third-order valence-corrected chi connectivity index (χ3v) is 4.61. The molecule has 2 fully saturated rings. The number of rotatable bonds is 6. The molecule has 1 unspecified atom stereocenters. The molecule has 1 aliphatic heterocycles. The van der Waals surface area contributed by atoms with Gasteiger partial charge in [0.05, 0.1) is 6.10 Å². The molecule has 0 amide bonds. The highest BCUT2D eigenvalue weighted by molar-refractivity contribution is 5.81. The Morgan fingerprint density at radius 1 is 1.17 bits per heavy atom. The minimum atomic E-state index is 0.331. The highest BCUT2D eigenvalue weighted by atomic mass is 16.5. The van der Waals surface area contributed by atoms with Gasteiger partial charge in [-0.2, -0.15) is 0 Å². The second-order valence-electron chi connectivity index (χ2n) is 5.95. The van der Waals surface area contributed by atoms with E-state index >= 15 is 0 Å². The van der Waals surface area contributed by atoms with Gasteiger partial charge in [-0.15, -0.1) is 0 Å². The van der Waals surface area contributed by atoms with Crippen LogP contribution in [-0.4, -0.2) is 25.0 Å². The van der Waals surface area contributed by atoms with E-state index in [4.69, 9.17) is 10.5 Å². The first kappa shape index (κ1) is 14.0. The summed E-state index contributed by atoms with van der Waals surface area (Å²) in [5.74, 6) is 1.49. The smallest absolute Gasteiger partial charge is 0.135 e. The number of nitrogens with two attached hydrogens (primary N) is 1. The Labute approximate surface area is 110 Å². The van der Waals surface area contributed by atoms with Crippen LogP contribution >= 0.6 is 0 Å². The van der Waals surface area contributed by atoms with Crippen LogP contribution in [0.5, 0.6) is 0 Å². The van der Waals surface area contributed by atoms with Gasteiger partial charge < -0.3 is 10.5 Å². The van der Waals surface area contributed by atoms with Gasteiger partial charge in [-0.25, -0.2) is 0 Å². The Hall–Kier alpha value is -0.410. The van der Waals surface area contributed by atoms with Gasteiger partial charge in [0.15, 0.2) is 0 Å². The average Bonchev–Trinajstić information content (AvgIpc) is 2.92. The van der Waals surface area contributed by atoms with Gasteiger partial charge in [0, 0.05) is 18.9 Å². The number of Topliss-reactive ketones (excluding diaryl/α,β-unsaturated/α-hetero) is 1. The van der Waals surface area contributed by atoms with E-state index < -0.39 is 0 Å². The van der Waals surface area contributed by atoms with Crippen molar-refractivity contribution >= 4 is 5.78 Å². The third-order valence-electron chi connectivity index (χ3n) is 4.61. The van der Waals surface area contributed by atoms with Gasteiger partial charge in [0.25, 0.3) is 0 Å². The van der Waals surface area contributed by atoms with Gasteiger partial charge in [-0.3, -0.25) is 4.79 Å². The predicted molar refractivity (Wildman–Crippen MR) is 72.3 cm³/mol. The van der Waals surface area contributed by atoms with Gasteiger partial charge in [-0.05, 0) is 63.8 Å². The minimum Gasteiger partial charge on any atom is -0.378 e. The van der Waals surface area contributed by atoms with Crippen LogP contribution in [0.3, 0.4) is 0 Å². The maximum atomic E-state index is 12.1. The van der Waals surface area contributed by atoms with Crippen LogP contribution in [0, 0.1) is 11.8 Å². The van der Waals surface area contributed by atoms with Crippen LogP contribution in [0.4, 0.5) is 0 Å². The molecule has 0 aromatic rings. The Balaban J connectivity index is 1.59. The fourth-order valence-electron chi connectivity index (χ4n) is 3.30. The number of hydrogen-bond donors (Lipinski definition) is 1. The summed E-state index contributed by atoms with van der Waals surface area (Å²) < 4.78 is 5.58. The van der Waals surface area contributed by atoms with Gasteiger partial charge in [-0.1, -0.05) is 0 Å². The van der Waals surface area contributed by atoms with Crippen molar-refractivity contribution in [1.29, 1.82) is 0 Å². The summed E-state index contributed by atoms with van der Waals surface area (Å²) in [5.41, 5.74) is 5.68. The Morgan fingerprint density at radius 3 is 2.56 bits per heavy atom.